The van der Waals surface area contributed by atoms with Crippen molar-refractivity contribution in [2.45, 2.75) is 37.8 Å². The molecule has 0 radical (unpaired) electrons. The van der Waals surface area contributed by atoms with E-state index in [9.17, 15) is 9.90 Å². The molecule has 0 aromatic carbocycles. The molecular formula is C16H24ClN3O2. The first-order valence-corrected chi connectivity index (χ1v) is 8.44. The van der Waals surface area contributed by atoms with Crippen molar-refractivity contribution in [2.75, 3.05) is 13.1 Å². The second kappa shape index (κ2) is 6.60. The number of rotatable bonds is 4. The Labute approximate surface area is 136 Å². The van der Waals surface area contributed by atoms with E-state index in [1.165, 1.54) is 0 Å². The highest BCUT2D eigenvalue weighted by molar-refractivity contribution is 6.31. The third-order valence-corrected chi connectivity index (χ3v) is 5.26. The maximum Gasteiger partial charge on any atom is 0.268 e. The van der Waals surface area contributed by atoms with Crippen LogP contribution in [0.3, 0.4) is 0 Å². The summed E-state index contributed by atoms with van der Waals surface area (Å²) in [6, 6.07) is 1.85. The van der Waals surface area contributed by atoms with Crippen LogP contribution in [-0.4, -0.2) is 40.8 Å². The maximum absolute atomic E-state index is 12.6. The molecule has 1 aliphatic heterocycles. The minimum atomic E-state index is -0.199. The van der Waals surface area contributed by atoms with E-state index in [0.29, 0.717) is 22.6 Å². The molecule has 0 spiro atoms. The summed E-state index contributed by atoms with van der Waals surface area (Å²) in [7, 11) is 1.83. The fourth-order valence-electron chi connectivity index (χ4n) is 3.72. The molecule has 5 nitrogen and oxygen atoms in total. The number of aromatic nitrogens is 1. The molecule has 1 saturated carbocycles. The molecule has 122 valence electrons. The zero-order valence-electron chi connectivity index (χ0n) is 12.9. The van der Waals surface area contributed by atoms with Crippen LogP contribution in [0.4, 0.5) is 0 Å². The lowest BCUT2D eigenvalue weighted by atomic mass is 9.71. The third-order valence-electron chi connectivity index (χ3n) is 5.05. The van der Waals surface area contributed by atoms with E-state index < -0.39 is 0 Å². The first kappa shape index (κ1) is 15.8. The van der Waals surface area contributed by atoms with Crippen molar-refractivity contribution in [1.29, 1.82) is 0 Å². The molecule has 1 saturated heterocycles. The minimum Gasteiger partial charge on any atom is -0.393 e. The molecule has 1 aliphatic carbocycles. The average Bonchev–Trinajstić information content (AvgIpc) is 2.81. The van der Waals surface area contributed by atoms with Crippen molar-refractivity contribution in [2.24, 2.45) is 18.9 Å². The van der Waals surface area contributed by atoms with Crippen molar-refractivity contribution in [3.8, 4) is 0 Å². The van der Waals surface area contributed by atoms with Crippen LogP contribution in [0.15, 0.2) is 12.3 Å². The highest BCUT2D eigenvalue weighted by Crippen LogP contribution is 2.36. The van der Waals surface area contributed by atoms with Crippen LogP contribution < -0.4 is 10.6 Å². The topological polar surface area (TPSA) is 66.3 Å². The van der Waals surface area contributed by atoms with Crippen LogP contribution in [0.5, 0.6) is 0 Å². The minimum absolute atomic E-state index is 0.0701. The second-order valence-corrected chi connectivity index (χ2v) is 7.06. The molecular weight excluding hydrogens is 302 g/mol. The lowest BCUT2D eigenvalue weighted by Gasteiger charge is -2.43. The van der Waals surface area contributed by atoms with Crippen LogP contribution in [0.2, 0.25) is 5.02 Å². The summed E-state index contributed by atoms with van der Waals surface area (Å²) in [6.45, 7) is 2.00. The average molecular weight is 326 g/mol. The Bertz CT molecular complexity index is 533. The first-order chi connectivity index (χ1) is 10.5. The predicted molar refractivity (Wildman–Crippen MR) is 86.0 cm³/mol. The summed E-state index contributed by atoms with van der Waals surface area (Å²) >= 11 is 5.97. The lowest BCUT2D eigenvalue weighted by molar-refractivity contribution is 0.00909. The summed E-state index contributed by atoms with van der Waals surface area (Å²) < 4.78 is 1.76. The number of piperidine rings is 1. The Kier molecular flexibility index (Phi) is 4.76. The molecule has 1 aromatic heterocycles. The van der Waals surface area contributed by atoms with E-state index >= 15 is 0 Å². The fraction of sp³-hybridized carbons (Fsp3) is 0.688. The number of aryl methyl sites for hydroxylation is 1. The van der Waals surface area contributed by atoms with Gasteiger partial charge in [0.25, 0.3) is 5.91 Å². The second-order valence-electron chi connectivity index (χ2n) is 6.63. The van der Waals surface area contributed by atoms with Crippen molar-refractivity contribution in [1.82, 2.24) is 15.2 Å². The summed E-state index contributed by atoms with van der Waals surface area (Å²) in [6.07, 6.45) is 5.28. The third kappa shape index (κ3) is 3.31. The Morgan fingerprint density at radius 2 is 2.09 bits per heavy atom. The molecule has 3 rings (SSSR count). The van der Waals surface area contributed by atoms with Crippen molar-refractivity contribution in [3.05, 3.63) is 23.0 Å². The van der Waals surface area contributed by atoms with E-state index in [1.54, 1.807) is 16.8 Å². The van der Waals surface area contributed by atoms with E-state index in [0.717, 1.165) is 38.8 Å². The van der Waals surface area contributed by atoms with E-state index in [-0.39, 0.29) is 18.1 Å². The Morgan fingerprint density at radius 3 is 2.64 bits per heavy atom. The highest BCUT2D eigenvalue weighted by Gasteiger charge is 2.39. The number of aliphatic hydroxyl groups is 1. The number of nitrogens with one attached hydrogen (secondary N) is 2. The molecule has 1 atom stereocenters. The molecule has 0 bridgehead atoms. The largest absolute Gasteiger partial charge is 0.393 e. The molecule has 3 N–H and O–H groups in total. The van der Waals surface area contributed by atoms with Crippen LogP contribution >= 0.6 is 11.6 Å². The number of nitrogens with zero attached hydrogens (tertiary/aromatic N) is 1. The summed E-state index contributed by atoms with van der Waals surface area (Å²) in [5.41, 5.74) is 0.587. The number of hydrogen-bond acceptors (Lipinski definition) is 3. The van der Waals surface area contributed by atoms with Gasteiger partial charge in [0.2, 0.25) is 0 Å². The number of aliphatic hydroxyl groups excluding tert-OH is 1. The van der Waals surface area contributed by atoms with Crippen molar-refractivity contribution in [3.63, 3.8) is 0 Å². The van der Waals surface area contributed by atoms with Gasteiger partial charge in [-0.15, -0.1) is 0 Å². The number of amides is 1. The smallest absolute Gasteiger partial charge is 0.268 e. The van der Waals surface area contributed by atoms with Gasteiger partial charge in [0.05, 0.1) is 11.1 Å². The van der Waals surface area contributed by atoms with Crippen LogP contribution in [0.1, 0.15) is 36.2 Å². The zero-order valence-corrected chi connectivity index (χ0v) is 13.6. The van der Waals surface area contributed by atoms with Crippen molar-refractivity contribution >= 4 is 17.5 Å². The molecule has 2 fully saturated rings. The Hall–Kier alpha value is -1.04. The molecule has 2 heterocycles. The Balaban J connectivity index is 1.71. The van der Waals surface area contributed by atoms with Gasteiger partial charge in [-0.3, -0.25) is 4.79 Å². The molecule has 22 heavy (non-hydrogen) atoms. The number of hydrogen-bond donors (Lipinski definition) is 3. The van der Waals surface area contributed by atoms with Gasteiger partial charge in [0, 0.05) is 19.3 Å². The van der Waals surface area contributed by atoms with Gasteiger partial charge in [-0.25, -0.2) is 0 Å². The van der Waals surface area contributed by atoms with E-state index in [2.05, 4.69) is 10.6 Å². The molecule has 1 amide bonds. The molecule has 6 heteroatoms. The summed E-state index contributed by atoms with van der Waals surface area (Å²) in [5.74, 6) is 0.801. The van der Waals surface area contributed by atoms with E-state index in [1.807, 2.05) is 7.05 Å². The standard InChI is InChI=1S/C16H24ClN3O2/c1-20-9-12(17)8-14(20)16(22)19-15(11-6-13(21)7-11)10-2-4-18-5-3-10/h8-11,13,15,18,21H,2-7H2,1H3,(H,19,22)/t11?,13?,15-/m1/s1. The van der Waals surface area contributed by atoms with Gasteiger partial charge in [-0.05, 0) is 56.7 Å². The SMILES string of the molecule is Cn1cc(Cl)cc1C(=O)N[C@H](C1CCNCC1)C1CC(O)C1. The molecule has 2 aliphatic rings. The number of carbonyl (C=O) groups is 1. The van der Waals surface area contributed by atoms with Gasteiger partial charge in [-0.1, -0.05) is 11.6 Å². The van der Waals surface area contributed by atoms with Crippen LogP contribution in [-0.2, 0) is 7.05 Å². The van der Waals surface area contributed by atoms with Gasteiger partial charge < -0.3 is 20.3 Å². The summed E-state index contributed by atoms with van der Waals surface area (Å²) in [5, 5.41) is 16.8. The van der Waals surface area contributed by atoms with Gasteiger partial charge in [0.1, 0.15) is 5.69 Å². The maximum atomic E-state index is 12.6. The quantitative estimate of drug-likeness (QED) is 0.787. The number of halogens is 1. The predicted octanol–water partition coefficient (Wildman–Crippen LogP) is 1.55. The van der Waals surface area contributed by atoms with Crippen LogP contribution in [0, 0.1) is 11.8 Å². The first-order valence-electron chi connectivity index (χ1n) is 8.06. The molecule has 0 unspecified atom stereocenters. The summed E-state index contributed by atoms with van der Waals surface area (Å²) in [4.78, 5) is 12.6. The van der Waals surface area contributed by atoms with Gasteiger partial charge in [-0.2, -0.15) is 0 Å². The number of carbonyl (C=O) groups excluding carboxylic acids is 1. The van der Waals surface area contributed by atoms with Crippen molar-refractivity contribution < 1.29 is 9.90 Å². The lowest BCUT2D eigenvalue weighted by Crippen LogP contribution is -2.53. The molecule has 1 aromatic rings. The van der Waals surface area contributed by atoms with Gasteiger partial charge in [0.15, 0.2) is 0 Å². The monoisotopic (exact) mass is 325 g/mol. The Morgan fingerprint density at radius 1 is 1.41 bits per heavy atom. The van der Waals surface area contributed by atoms with Crippen LogP contribution in [0.25, 0.3) is 0 Å². The normalized spacial score (nSPS) is 27.2. The highest BCUT2D eigenvalue weighted by atomic mass is 35.5. The zero-order chi connectivity index (χ0) is 15.7. The fourth-order valence-corrected chi connectivity index (χ4v) is 3.97. The van der Waals surface area contributed by atoms with Gasteiger partial charge >= 0.3 is 0 Å². The van der Waals surface area contributed by atoms with E-state index in [4.69, 9.17) is 11.6 Å².